The van der Waals surface area contributed by atoms with Gasteiger partial charge in [-0.05, 0) is 24.6 Å². The lowest BCUT2D eigenvalue weighted by molar-refractivity contribution is -0.135. The van der Waals surface area contributed by atoms with Crippen molar-refractivity contribution in [3.05, 3.63) is 33.3 Å². The summed E-state index contributed by atoms with van der Waals surface area (Å²) in [6.45, 7) is 0. The van der Waals surface area contributed by atoms with Crippen LogP contribution in [0.5, 0.6) is 0 Å². The van der Waals surface area contributed by atoms with Gasteiger partial charge in [0.15, 0.2) is 5.78 Å². The van der Waals surface area contributed by atoms with E-state index in [0.717, 1.165) is 0 Å². The van der Waals surface area contributed by atoms with Crippen molar-refractivity contribution < 1.29 is 18.0 Å². The molecule has 0 spiro atoms. The molecule has 94 valence electrons. The SMILES string of the molecule is O=C(CCCC(F)(F)F)c1cc(Cl)cc(Br)c1. The fourth-order valence-corrected chi connectivity index (χ4v) is 2.17. The lowest BCUT2D eigenvalue weighted by Crippen LogP contribution is -2.08. The van der Waals surface area contributed by atoms with Crippen LogP contribution in [0.25, 0.3) is 0 Å². The summed E-state index contributed by atoms with van der Waals surface area (Å²) in [4.78, 5) is 11.6. The minimum Gasteiger partial charge on any atom is -0.294 e. The molecule has 1 aromatic carbocycles. The molecule has 1 nitrogen and oxygen atoms in total. The van der Waals surface area contributed by atoms with Gasteiger partial charge in [0.1, 0.15) is 0 Å². The van der Waals surface area contributed by atoms with Crippen molar-refractivity contribution in [1.82, 2.24) is 0 Å². The minimum absolute atomic E-state index is 0.133. The van der Waals surface area contributed by atoms with Crippen molar-refractivity contribution >= 4 is 33.3 Å². The summed E-state index contributed by atoms with van der Waals surface area (Å²) >= 11 is 8.90. The Hall–Kier alpha value is -0.550. The van der Waals surface area contributed by atoms with Crippen LogP contribution in [0.2, 0.25) is 5.02 Å². The van der Waals surface area contributed by atoms with Crippen molar-refractivity contribution in [2.75, 3.05) is 0 Å². The number of hydrogen-bond donors (Lipinski definition) is 0. The molecule has 0 N–H and O–H groups in total. The molecule has 0 heterocycles. The zero-order valence-corrected chi connectivity index (χ0v) is 11.0. The Kier molecular flexibility index (Phi) is 5.01. The molecule has 0 radical (unpaired) electrons. The smallest absolute Gasteiger partial charge is 0.294 e. The maximum absolute atomic E-state index is 11.9. The standard InChI is InChI=1S/C11H9BrClF3O/c12-8-4-7(5-9(13)6-8)10(17)2-1-3-11(14,15)16/h4-6H,1-3H2. The number of Topliss-reactive ketones (excluding diaryl/α,β-unsaturated/α-hetero) is 1. The third kappa shape index (κ3) is 5.55. The molecular weight excluding hydrogens is 320 g/mol. The topological polar surface area (TPSA) is 17.1 Å². The van der Waals surface area contributed by atoms with Gasteiger partial charge in [-0.15, -0.1) is 0 Å². The van der Waals surface area contributed by atoms with E-state index < -0.39 is 12.6 Å². The molecule has 0 bridgehead atoms. The molecule has 0 saturated carbocycles. The molecule has 0 aliphatic carbocycles. The molecule has 1 rings (SSSR count). The summed E-state index contributed by atoms with van der Waals surface area (Å²) < 4.78 is 36.3. The lowest BCUT2D eigenvalue weighted by Gasteiger charge is -2.06. The largest absolute Gasteiger partial charge is 0.389 e. The van der Waals surface area contributed by atoms with Gasteiger partial charge in [-0.1, -0.05) is 27.5 Å². The van der Waals surface area contributed by atoms with Crippen molar-refractivity contribution in [3.63, 3.8) is 0 Å². The van der Waals surface area contributed by atoms with Crippen LogP contribution in [0.1, 0.15) is 29.6 Å². The lowest BCUT2D eigenvalue weighted by atomic mass is 10.1. The van der Waals surface area contributed by atoms with E-state index in [9.17, 15) is 18.0 Å². The Labute approximate surface area is 110 Å². The summed E-state index contributed by atoms with van der Waals surface area (Å²) in [7, 11) is 0. The fourth-order valence-electron chi connectivity index (χ4n) is 1.31. The molecular formula is C11H9BrClF3O. The Morgan fingerprint density at radius 2 is 1.94 bits per heavy atom. The van der Waals surface area contributed by atoms with Crippen LogP contribution in [-0.2, 0) is 0 Å². The van der Waals surface area contributed by atoms with E-state index in [1.54, 1.807) is 12.1 Å². The highest BCUT2D eigenvalue weighted by molar-refractivity contribution is 9.10. The van der Waals surface area contributed by atoms with Gasteiger partial charge in [-0.2, -0.15) is 13.2 Å². The number of carbonyl (C=O) groups excluding carboxylic acids is 1. The third-order valence-corrected chi connectivity index (χ3v) is 2.72. The minimum atomic E-state index is -4.21. The fraction of sp³-hybridized carbons (Fsp3) is 0.364. The zero-order chi connectivity index (χ0) is 13.1. The molecule has 0 aromatic heterocycles. The Balaban J connectivity index is 2.58. The zero-order valence-electron chi connectivity index (χ0n) is 8.65. The first-order valence-electron chi connectivity index (χ1n) is 4.84. The highest BCUT2D eigenvalue weighted by Crippen LogP contribution is 2.24. The molecule has 0 fully saturated rings. The average molecular weight is 330 g/mol. The molecule has 0 aliphatic rings. The van der Waals surface area contributed by atoms with Gasteiger partial charge < -0.3 is 0 Å². The van der Waals surface area contributed by atoms with Gasteiger partial charge >= 0.3 is 6.18 Å². The summed E-state index contributed by atoms with van der Waals surface area (Å²) in [6.07, 6.45) is -5.49. The van der Waals surface area contributed by atoms with Gasteiger partial charge in [0, 0.05) is 27.9 Å². The number of halogens is 5. The Morgan fingerprint density at radius 1 is 1.29 bits per heavy atom. The summed E-state index contributed by atoms with van der Waals surface area (Å²) in [5.41, 5.74) is 0.326. The van der Waals surface area contributed by atoms with Gasteiger partial charge in [-0.3, -0.25) is 4.79 Å². The molecule has 0 unspecified atom stereocenters. The second-order valence-electron chi connectivity index (χ2n) is 3.55. The molecule has 0 aliphatic heterocycles. The van der Waals surface area contributed by atoms with E-state index in [4.69, 9.17) is 11.6 Å². The van der Waals surface area contributed by atoms with Crippen LogP contribution in [-0.4, -0.2) is 12.0 Å². The number of carbonyl (C=O) groups is 1. The van der Waals surface area contributed by atoms with Crippen LogP contribution in [0.4, 0.5) is 13.2 Å². The van der Waals surface area contributed by atoms with Crippen LogP contribution < -0.4 is 0 Å². The van der Waals surface area contributed by atoms with Crippen molar-refractivity contribution in [2.45, 2.75) is 25.4 Å². The van der Waals surface area contributed by atoms with E-state index >= 15 is 0 Å². The van der Waals surface area contributed by atoms with Gasteiger partial charge in [0.2, 0.25) is 0 Å². The maximum Gasteiger partial charge on any atom is 0.389 e. The number of rotatable bonds is 4. The van der Waals surface area contributed by atoms with Crippen LogP contribution >= 0.6 is 27.5 Å². The summed E-state index contributed by atoms with van der Waals surface area (Å²) in [5, 5.41) is 0.374. The van der Waals surface area contributed by atoms with E-state index in [1.807, 2.05) is 0 Å². The maximum atomic E-state index is 11.9. The van der Waals surface area contributed by atoms with E-state index in [0.29, 0.717) is 15.1 Å². The average Bonchev–Trinajstić information content (AvgIpc) is 2.13. The highest BCUT2D eigenvalue weighted by Gasteiger charge is 2.26. The van der Waals surface area contributed by atoms with Crippen LogP contribution in [0.15, 0.2) is 22.7 Å². The second kappa shape index (κ2) is 5.87. The summed E-state index contributed by atoms with van der Waals surface area (Å²) in [6, 6.07) is 4.60. The molecule has 1 aromatic rings. The number of benzene rings is 1. The van der Waals surface area contributed by atoms with Gasteiger partial charge in [0.25, 0.3) is 0 Å². The van der Waals surface area contributed by atoms with Crippen molar-refractivity contribution in [1.29, 1.82) is 0 Å². The predicted octanol–water partition coefficient (Wildman–Crippen LogP) is 5.02. The van der Waals surface area contributed by atoms with Crippen molar-refractivity contribution in [2.24, 2.45) is 0 Å². The first-order valence-corrected chi connectivity index (χ1v) is 6.01. The Bertz CT molecular complexity index is 397. The molecule has 0 saturated heterocycles. The Morgan fingerprint density at radius 3 is 2.47 bits per heavy atom. The number of alkyl halides is 3. The third-order valence-electron chi connectivity index (χ3n) is 2.05. The van der Waals surface area contributed by atoms with Gasteiger partial charge in [0.05, 0.1) is 0 Å². The highest BCUT2D eigenvalue weighted by atomic mass is 79.9. The number of hydrogen-bond acceptors (Lipinski definition) is 1. The predicted molar refractivity (Wildman–Crippen MR) is 63.4 cm³/mol. The first kappa shape index (κ1) is 14.5. The van der Waals surface area contributed by atoms with E-state index in [-0.39, 0.29) is 18.6 Å². The molecule has 17 heavy (non-hydrogen) atoms. The van der Waals surface area contributed by atoms with Crippen LogP contribution in [0, 0.1) is 0 Å². The molecule has 0 atom stereocenters. The quantitative estimate of drug-likeness (QED) is 0.709. The van der Waals surface area contributed by atoms with E-state index in [2.05, 4.69) is 15.9 Å². The second-order valence-corrected chi connectivity index (χ2v) is 4.90. The molecule has 0 amide bonds. The number of ketones is 1. The van der Waals surface area contributed by atoms with Gasteiger partial charge in [-0.25, -0.2) is 0 Å². The van der Waals surface area contributed by atoms with Crippen molar-refractivity contribution in [3.8, 4) is 0 Å². The van der Waals surface area contributed by atoms with E-state index in [1.165, 1.54) is 6.07 Å². The monoisotopic (exact) mass is 328 g/mol. The van der Waals surface area contributed by atoms with Crippen LogP contribution in [0.3, 0.4) is 0 Å². The summed E-state index contributed by atoms with van der Waals surface area (Å²) in [5.74, 6) is -0.336. The first-order chi connectivity index (χ1) is 7.78. The normalized spacial score (nSPS) is 11.6. The molecule has 6 heteroatoms.